The molecule has 1 aromatic heterocycles. The summed E-state index contributed by atoms with van der Waals surface area (Å²) in [6, 6.07) is 11.8. The Morgan fingerprint density at radius 2 is 1.69 bits per heavy atom. The number of hydrazone groups is 1. The van der Waals surface area contributed by atoms with E-state index in [2.05, 4.69) is 65.8 Å². The fourth-order valence-corrected chi connectivity index (χ4v) is 4.30. The van der Waals surface area contributed by atoms with Gasteiger partial charge in [0.25, 0.3) is 5.91 Å². The minimum Gasteiger partial charge on any atom is -0.496 e. The van der Waals surface area contributed by atoms with Gasteiger partial charge in [0.15, 0.2) is 11.0 Å². The van der Waals surface area contributed by atoms with Crippen LogP contribution < -0.4 is 19.6 Å². The Hall–Kier alpha value is -3.53. The molecule has 0 fully saturated rings. The molecule has 0 aliphatic carbocycles. The molecule has 10 heteroatoms. The first-order chi connectivity index (χ1) is 17.2. The first-order valence-electron chi connectivity index (χ1n) is 11.5. The summed E-state index contributed by atoms with van der Waals surface area (Å²) in [5.41, 5.74) is 5.45. The van der Waals surface area contributed by atoms with Gasteiger partial charge in [0, 0.05) is 24.2 Å². The molecular formula is C26H33N5O4S. The maximum Gasteiger partial charge on any atom is 0.250 e. The summed E-state index contributed by atoms with van der Waals surface area (Å²) in [5, 5.41) is 13.4. The van der Waals surface area contributed by atoms with Gasteiger partial charge in [-0.15, -0.1) is 10.2 Å². The predicted octanol–water partition coefficient (Wildman–Crippen LogP) is 4.53. The van der Waals surface area contributed by atoms with Crippen LogP contribution in [0.25, 0.3) is 11.4 Å². The lowest BCUT2D eigenvalue weighted by Crippen LogP contribution is -2.20. The molecule has 36 heavy (non-hydrogen) atoms. The number of ether oxygens (including phenoxy) is 3. The molecule has 1 heterocycles. The van der Waals surface area contributed by atoms with Crippen molar-refractivity contribution in [2.75, 3.05) is 27.1 Å². The smallest absolute Gasteiger partial charge is 0.250 e. The largest absolute Gasteiger partial charge is 0.496 e. The molecule has 192 valence electrons. The van der Waals surface area contributed by atoms with Gasteiger partial charge in [-0.05, 0) is 17.9 Å². The van der Waals surface area contributed by atoms with Crippen LogP contribution in [0.5, 0.6) is 17.2 Å². The van der Waals surface area contributed by atoms with Gasteiger partial charge in [-0.25, -0.2) is 5.43 Å². The summed E-state index contributed by atoms with van der Waals surface area (Å²) in [6.45, 7) is 9.27. The molecule has 0 aliphatic rings. The fraction of sp³-hybridized carbons (Fsp3) is 0.385. The zero-order valence-electron chi connectivity index (χ0n) is 21.8. The molecule has 0 unspecified atom stereocenters. The van der Waals surface area contributed by atoms with Crippen molar-refractivity contribution in [3.05, 3.63) is 47.5 Å². The number of carbonyl (C=O) groups excluding carboxylic acids is 1. The van der Waals surface area contributed by atoms with Crippen molar-refractivity contribution in [1.82, 2.24) is 20.2 Å². The van der Waals surface area contributed by atoms with E-state index in [4.69, 9.17) is 14.2 Å². The van der Waals surface area contributed by atoms with Gasteiger partial charge in [-0.3, -0.25) is 4.79 Å². The van der Waals surface area contributed by atoms with Gasteiger partial charge in [0.2, 0.25) is 0 Å². The van der Waals surface area contributed by atoms with Crippen LogP contribution in [0.3, 0.4) is 0 Å². The number of amides is 1. The highest BCUT2D eigenvalue weighted by atomic mass is 32.2. The van der Waals surface area contributed by atoms with E-state index in [0.717, 1.165) is 11.4 Å². The molecule has 0 saturated heterocycles. The third-order valence-electron chi connectivity index (χ3n) is 5.51. The zero-order chi connectivity index (χ0) is 26.3. The number of carbonyl (C=O) groups is 1. The number of methoxy groups -OCH3 is 3. The summed E-state index contributed by atoms with van der Waals surface area (Å²) in [5.74, 6) is 2.25. The topological polar surface area (TPSA) is 99.9 Å². The van der Waals surface area contributed by atoms with Crippen molar-refractivity contribution < 1.29 is 19.0 Å². The first-order valence-corrected chi connectivity index (χ1v) is 12.5. The highest BCUT2D eigenvalue weighted by Crippen LogP contribution is 2.32. The maximum atomic E-state index is 12.4. The van der Waals surface area contributed by atoms with E-state index >= 15 is 0 Å². The first kappa shape index (κ1) is 27.1. The number of hydrogen-bond donors (Lipinski definition) is 1. The van der Waals surface area contributed by atoms with Crippen LogP contribution in [0.4, 0.5) is 0 Å². The molecule has 9 nitrogen and oxygen atoms in total. The highest BCUT2D eigenvalue weighted by molar-refractivity contribution is 7.99. The van der Waals surface area contributed by atoms with Crippen LogP contribution in [-0.4, -0.2) is 54.0 Å². The Morgan fingerprint density at radius 1 is 1.06 bits per heavy atom. The van der Waals surface area contributed by atoms with Gasteiger partial charge >= 0.3 is 0 Å². The SMILES string of the molecule is CCn1c(SCC(=O)NN=Cc2c(OC)cc(OC)cc2OC)nnc1-c1ccc(C(C)(C)C)cc1. The second-order valence-electron chi connectivity index (χ2n) is 8.91. The lowest BCUT2D eigenvalue weighted by atomic mass is 9.87. The van der Waals surface area contributed by atoms with Gasteiger partial charge in [-0.2, -0.15) is 5.10 Å². The molecule has 0 atom stereocenters. The molecule has 0 bridgehead atoms. The van der Waals surface area contributed by atoms with E-state index in [1.807, 2.05) is 11.5 Å². The monoisotopic (exact) mass is 511 g/mol. The van der Waals surface area contributed by atoms with Crippen LogP contribution in [0, 0.1) is 0 Å². The number of thioether (sulfide) groups is 1. The summed E-state index contributed by atoms with van der Waals surface area (Å²) in [4.78, 5) is 12.4. The van der Waals surface area contributed by atoms with Crippen molar-refractivity contribution >= 4 is 23.9 Å². The van der Waals surface area contributed by atoms with Gasteiger partial charge in [0.1, 0.15) is 17.2 Å². The average molecular weight is 512 g/mol. The zero-order valence-corrected chi connectivity index (χ0v) is 22.6. The molecule has 0 aliphatic heterocycles. The van der Waals surface area contributed by atoms with Gasteiger partial charge in [-0.1, -0.05) is 56.8 Å². The van der Waals surface area contributed by atoms with Crippen molar-refractivity contribution in [2.45, 2.75) is 44.8 Å². The average Bonchev–Trinajstić information content (AvgIpc) is 3.29. The Labute approximate surface area is 216 Å². The van der Waals surface area contributed by atoms with Crippen molar-refractivity contribution in [1.29, 1.82) is 0 Å². The highest BCUT2D eigenvalue weighted by Gasteiger charge is 2.17. The number of hydrogen-bond acceptors (Lipinski definition) is 8. The standard InChI is InChI=1S/C26H33N5O4S/c1-8-31-24(17-9-11-18(12-10-17)26(2,3)4)29-30-25(31)36-16-23(32)28-27-15-20-21(34-6)13-19(33-5)14-22(20)35-7/h9-15H,8,16H2,1-7H3,(H,28,32). The molecule has 1 N–H and O–H groups in total. The summed E-state index contributed by atoms with van der Waals surface area (Å²) < 4.78 is 18.0. The van der Waals surface area contributed by atoms with Crippen molar-refractivity contribution in [3.63, 3.8) is 0 Å². The number of nitrogens with one attached hydrogen (secondary N) is 1. The second-order valence-corrected chi connectivity index (χ2v) is 9.85. The third kappa shape index (κ3) is 6.37. The molecule has 0 radical (unpaired) electrons. The van der Waals surface area contributed by atoms with Crippen LogP contribution >= 0.6 is 11.8 Å². The van der Waals surface area contributed by atoms with Crippen LogP contribution in [0.15, 0.2) is 46.7 Å². The van der Waals surface area contributed by atoms with E-state index in [9.17, 15) is 4.79 Å². The van der Waals surface area contributed by atoms with Crippen molar-refractivity contribution in [2.24, 2.45) is 5.10 Å². The number of rotatable bonds is 10. The van der Waals surface area contributed by atoms with Crippen LogP contribution in [0.1, 0.15) is 38.8 Å². The summed E-state index contributed by atoms with van der Waals surface area (Å²) >= 11 is 1.31. The molecule has 3 aromatic rings. The molecular weight excluding hydrogens is 478 g/mol. The molecule has 3 rings (SSSR count). The van der Waals surface area contributed by atoms with E-state index < -0.39 is 0 Å². The minimum absolute atomic E-state index is 0.0808. The minimum atomic E-state index is -0.274. The Morgan fingerprint density at radius 3 is 2.22 bits per heavy atom. The number of benzene rings is 2. The van der Waals surface area contributed by atoms with Crippen LogP contribution in [0.2, 0.25) is 0 Å². The number of aromatic nitrogens is 3. The predicted molar refractivity (Wildman–Crippen MR) is 142 cm³/mol. The lowest BCUT2D eigenvalue weighted by Gasteiger charge is -2.19. The summed E-state index contributed by atoms with van der Waals surface area (Å²) in [7, 11) is 4.64. The Bertz CT molecular complexity index is 1190. The van der Waals surface area contributed by atoms with E-state index in [-0.39, 0.29) is 17.1 Å². The van der Waals surface area contributed by atoms with Crippen molar-refractivity contribution in [3.8, 4) is 28.6 Å². The van der Waals surface area contributed by atoms with Crippen LogP contribution in [-0.2, 0) is 16.8 Å². The molecule has 0 spiro atoms. The molecule has 2 aromatic carbocycles. The molecule has 0 saturated carbocycles. The number of nitrogens with zero attached hydrogens (tertiary/aromatic N) is 4. The van der Waals surface area contributed by atoms with Gasteiger partial charge in [0.05, 0.1) is 38.9 Å². The fourth-order valence-electron chi connectivity index (χ4n) is 3.50. The lowest BCUT2D eigenvalue weighted by molar-refractivity contribution is -0.118. The third-order valence-corrected chi connectivity index (χ3v) is 6.48. The molecule has 1 amide bonds. The Balaban J connectivity index is 1.66. The quantitative estimate of drug-likeness (QED) is 0.242. The second kappa shape index (κ2) is 11.9. The Kier molecular flexibility index (Phi) is 8.98. The van der Waals surface area contributed by atoms with E-state index in [1.54, 1.807) is 19.2 Å². The maximum absolute atomic E-state index is 12.4. The van der Waals surface area contributed by atoms with Gasteiger partial charge < -0.3 is 18.8 Å². The summed E-state index contributed by atoms with van der Waals surface area (Å²) in [6.07, 6.45) is 1.48. The normalized spacial score (nSPS) is 11.5. The van der Waals surface area contributed by atoms with E-state index in [1.165, 1.54) is 37.8 Å². The van der Waals surface area contributed by atoms with E-state index in [0.29, 0.717) is 34.5 Å².